The van der Waals surface area contributed by atoms with Gasteiger partial charge >= 0.3 is 0 Å². The van der Waals surface area contributed by atoms with Crippen molar-refractivity contribution in [2.45, 2.75) is 45.4 Å². The van der Waals surface area contributed by atoms with E-state index in [0.29, 0.717) is 16.8 Å². The minimum Gasteiger partial charge on any atom is -0.384 e. The highest BCUT2D eigenvalue weighted by Crippen LogP contribution is 2.20. The molecule has 0 aliphatic heterocycles. The smallest absolute Gasteiger partial charge is 0.101 e. The van der Waals surface area contributed by atoms with E-state index in [1.165, 1.54) is 31.7 Å². The van der Waals surface area contributed by atoms with Gasteiger partial charge < -0.3 is 5.32 Å². The molecule has 0 fully saturated rings. The maximum Gasteiger partial charge on any atom is 0.101 e. The number of unbranched alkanes of at least 4 members (excludes halogenated alkanes) is 5. The van der Waals surface area contributed by atoms with E-state index in [0.717, 1.165) is 19.4 Å². The quantitative estimate of drug-likeness (QED) is 0.727. The van der Waals surface area contributed by atoms with E-state index >= 15 is 0 Å². The zero-order valence-electron chi connectivity index (χ0n) is 12.4. The third kappa shape index (κ3) is 5.17. The summed E-state index contributed by atoms with van der Waals surface area (Å²) >= 11 is 0. The second-order valence-electron chi connectivity index (χ2n) is 4.97. The zero-order valence-corrected chi connectivity index (χ0v) is 12.4. The van der Waals surface area contributed by atoms with Crippen LogP contribution in [0.25, 0.3) is 0 Å². The first-order valence-electron chi connectivity index (χ1n) is 7.39. The van der Waals surface area contributed by atoms with E-state index in [2.05, 4.69) is 18.3 Å². The summed E-state index contributed by atoms with van der Waals surface area (Å²) in [6.07, 6.45) is 7.23. The van der Waals surface area contributed by atoms with Crippen molar-refractivity contribution in [2.24, 2.45) is 0 Å². The molecule has 108 valence electrons. The summed E-state index contributed by atoms with van der Waals surface area (Å²) in [6, 6.07) is 9.07. The SMILES string of the molecule is CCCCCCCCNc1cc(C#N)c(C#N)cc1C#N. The topological polar surface area (TPSA) is 83.4 Å². The standard InChI is InChI=1S/C17H20N4/c1-2-3-4-5-6-7-8-21-17-10-15(12-19)14(11-18)9-16(17)13-20/h9-10,21H,2-8H2,1H3. The molecule has 0 bridgehead atoms. The van der Waals surface area contributed by atoms with Gasteiger partial charge in [-0.1, -0.05) is 39.0 Å². The summed E-state index contributed by atoms with van der Waals surface area (Å²) in [7, 11) is 0. The van der Waals surface area contributed by atoms with Crippen LogP contribution in [0.1, 0.15) is 62.1 Å². The van der Waals surface area contributed by atoms with E-state index in [-0.39, 0.29) is 5.56 Å². The number of hydrogen-bond acceptors (Lipinski definition) is 4. The Hall–Kier alpha value is -2.51. The number of benzene rings is 1. The monoisotopic (exact) mass is 280 g/mol. The van der Waals surface area contributed by atoms with Gasteiger partial charge in [0, 0.05) is 6.54 Å². The maximum atomic E-state index is 9.12. The van der Waals surface area contributed by atoms with Gasteiger partial charge in [-0.25, -0.2) is 0 Å². The van der Waals surface area contributed by atoms with Crippen molar-refractivity contribution in [1.29, 1.82) is 15.8 Å². The first-order valence-corrected chi connectivity index (χ1v) is 7.39. The molecule has 1 aromatic rings. The number of nitriles is 3. The van der Waals surface area contributed by atoms with Crippen molar-refractivity contribution >= 4 is 5.69 Å². The van der Waals surface area contributed by atoms with Gasteiger partial charge in [-0.2, -0.15) is 15.8 Å². The Morgan fingerprint density at radius 2 is 1.38 bits per heavy atom. The fraction of sp³-hybridized carbons (Fsp3) is 0.471. The normalized spacial score (nSPS) is 9.43. The molecule has 0 atom stereocenters. The van der Waals surface area contributed by atoms with Crippen molar-refractivity contribution in [1.82, 2.24) is 0 Å². The highest BCUT2D eigenvalue weighted by atomic mass is 14.9. The first kappa shape index (κ1) is 16.5. The third-order valence-corrected chi connectivity index (χ3v) is 3.36. The van der Waals surface area contributed by atoms with Gasteiger partial charge in [-0.05, 0) is 18.6 Å². The summed E-state index contributed by atoms with van der Waals surface area (Å²) < 4.78 is 0. The molecule has 0 aliphatic carbocycles. The van der Waals surface area contributed by atoms with Gasteiger partial charge in [0.05, 0.1) is 22.4 Å². The van der Waals surface area contributed by atoms with Crippen LogP contribution in [0.2, 0.25) is 0 Å². The van der Waals surface area contributed by atoms with Gasteiger partial charge in [0.2, 0.25) is 0 Å². The molecule has 0 saturated heterocycles. The molecule has 0 spiro atoms. The lowest BCUT2D eigenvalue weighted by Crippen LogP contribution is -2.04. The van der Waals surface area contributed by atoms with E-state index in [4.69, 9.17) is 15.8 Å². The Labute approximate surface area is 126 Å². The lowest BCUT2D eigenvalue weighted by Gasteiger charge is -2.09. The molecular formula is C17H20N4. The number of hydrogen-bond donors (Lipinski definition) is 1. The van der Waals surface area contributed by atoms with Crippen LogP contribution in [0.4, 0.5) is 5.69 Å². The minimum absolute atomic E-state index is 0.249. The van der Waals surface area contributed by atoms with E-state index in [1.54, 1.807) is 6.07 Å². The van der Waals surface area contributed by atoms with Crippen LogP contribution in [0, 0.1) is 34.0 Å². The molecule has 4 nitrogen and oxygen atoms in total. The number of nitrogens with zero attached hydrogens (tertiary/aromatic N) is 3. The number of nitrogens with one attached hydrogen (secondary N) is 1. The second-order valence-corrected chi connectivity index (χ2v) is 4.97. The van der Waals surface area contributed by atoms with Crippen molar-refractivity contribution < 1.29 is 0 Å². The van der Waals surface area contributed by atoms with Crippen LogP contribution >= 0.6 is 0 Å². The van der Waals surface area contributed by atoms with Crippen LogP contribution in [0.5, 0.6) is 0 Å². The Morgan fingerprint density at radius 1 is 0.810 bits per heavy atom. The van der Waals surface area contributed by atoms with Crippen LogP contribution in [-0.4, -0.2) is 6.54 Å². The van der Waals surface area contributed by atoms with Gasteiger partial charge in [0.15, 0.2) is 0 Å². The molecule has 0 saturated carbocycles. The summed E-state index contributed by atoms with van der Waals surface area (Å²) in [5.41, 5.74) is 1.61. The van der Waals surface area contributed by atoms with Crippen LogP contribution in [0.3, 0.4) is 0 Å². The molecule has 0 heterocycles. The Morgan fingerprint density at radius 3 is 2.00 bits per heavy atom. The van der Waals surface area contributed by atoms with E-state index in [1.807, 2.05) is 12.1 Å². The van der Waals surface area contributed by atoms with Crippen molar-refractivity contribution in [3.63, 3.8) is 0 Å². The van der Waals surface area contributed by atoms with Gasteiger partial charge in [0.1, 0.15) is 18.2 Å². The summed E-state index contributed by atoms with van der Waals surface area (Å²) in [5, 5.41) is 30.3. The summed E-state index contributed by atoms with van der Waals surface area (Å²) in [5.74, 6) is 0. The van der Waals surface area contributed by atoms with E-state index in [9.17, 15) is 0 Å². The molecule has 0 aliphatic rings. The Kier molecular flexibility index (Phi) is 7.41. The summed E-state index contributed by atoms with van der Waals surface area (Å²) in [6.45, 7) is 2.97. The van der Waals surface area contributed by atoms with Crippen molar-refractivity contribution in [3.05, 3.63) is 28.8 Å². The molecule has 4 heteroatoms. The van der Waals surface area contributed by atoms with Gasteiger partial charge in [-0.15, -0.1) is 0 Å². The lowest BCUT2D eigenvalue weighted by molar-refractivity contribution is 0.617. The van der Waals surface area contributed by atoms with E-state index < -0.39 is 0 Å². The molecule has 1 aromatic carbocycles. The molecule has 1 rings (SSSR count). The van der Waals surface area contributed by atoms with Crippen molar-refractivity contribution in [2.75, 3.05) is 11.9 Å². The summed E-state index contributed by atoms with van der Waals surface area (Å²) in [4.78, 5) is 0. The van der Waals surface area contributed by atoms with Gasteiger partial charge in [-0.3, -0.25) is 0 Å². The molecule has 0 radical (unpaired) electrons. The predicted octanol–water partition coefficient (Wildman–Crippen LogP) is 4.07. The maximum absolute atomic E-state index is 9.12. The highest BCUT2D eigenvalue weighted by molar-refractivity contribution is 5.65. The molecule has 21 heavy (non-hydrogen) atoms. The zero-order chi connectivity index (χ0) is 15.5. The molecular weight excluding hydrogens is 260 g/mol. The lowest BCUT2D eigenvalue weighted by atomic mass is 10.0. The molecule has 0 aromatic heterocycles. The largest absolute Gasteiger partial charge is 0.384 e. The minimum atomic E-state index is 0.249. The van der Waals surface area contributed by atoms with Crippen LogP contribution < -0.4 is 5.32 Å². The van der Waals surface area contributed by atoms with Crippen LogP contribution in [-0.2, 0) is 0 Å². The van der Waals surface area contributed by atoms with Crippen molar-refractivity contribution in [3.8, 4) is 18.2 Å². The first-order chi connectivity index (χ1) is 10.3. The van der Waals surface area contributed by atoms with Gasteiger partial charge in [0.25, 0.3) is 0 Å². The molecule has 0 unspecified atom stereocenters. The Bertz CT molecular complexity index is 585. The number of anilines is 1. The highest BCUT2D eigenvalue weighted by Gasteiger charge is 2.09. The number of rotatable bonds is 8. The molecule has 1 N–H and O–H groups in total. The third-order valence-electron chi connectivity index (χ3n) is 3.36. The fourth-order valence-electron chi connectivity index (χ4n) is 2.15. The fourth-order valence-corrected chi connectivity index (χ4v) is 2.15. The average Bonchev–Trinajstić information content (AvgIpc) is 2.53. The predicted molar refractivity (Wildman–Crippen MR) is 82.5 cm³/mol. The average molecular weight is 280 g/mol. The van der Waals surface area contributed by atoms with Crippen LogP contribution in [0.15, 0.2) is 12.1 Å². The Balaban J connectivity index is 2.57. The molecule has 0 amide bonds. The second kappa shape index (κ2) is 9.40.